The van der Waals surface area contributed by atoms with Crippen LogP contribution in [0, 0.1) is 6.92 Å². The second kappa shape index (κ2) is 4.11. The molecule has 0 bridgehead atoms. The summed E-state index contributed by atoms with van der Waals surface area (Å²) in [7, 11) is 0. The number of rotatable bonds is 2. The van der Waals surface area contributed by atoms with E-state index in [9.17, 15) is 0 Å². The molecule has 0 radical (unpaired) electrons. The van der Waals surface area contributed by atoms with Crippen LogP contribution in [-0.2, 0) is 0 Å². The molecular formula is C11H12BrClO. The molecule has 1 saturated carbocycles. The van der Waals surface area contributed by atoms with Gasteiger partial charge in [0.15, 0.2) is 0 Å². The van der Waals surface area contributed by atoms with E-state index < -0.39 is 0 Å². The highest BCUT2D eigenvalue weighted by atomic mass is 79.9. The zero-order valence-electron chi connectivity index (χ0n) is 7.97. The van der Waals surface area contributed by atoms with Crippen LogP contribution in [0.15, 0.2) is 18.2 Å². The fraction of sp³-hybridized carbons (Fsp3) is 0.455. The van der Waals surface area contributed by atoms with Crippen molar-refractivity contribution in [2.45, 2.75) is 30.7 Å². The molecule has 1 fully saturated rings. The number of hydrogen-bond acceptors (Lipinski definition) is 1. The average molecular weight is 276 g/mol. The lowest BCUT2D eigenvalue weighted by Gasteiger charge is -2.32. The van der Waals surface area contributed by atoms with E-state index in [2.05, 4.69) is 15.9 Å². The van der Waals surface area contributed by atoms with Crippen molar-refractivity contribution in [1.29, 1.82) is 0 Å². The number of benzene rings is 1. The van der Waals surface area contributed by atoms with Crippen LogP contribution in [0.3, 0.4) is 0 Å². The van der Waals surface area contributed by atoms with Crippen LogP contribution < -0.4 is 4.74 Å². The summed E-state index contributed by atoms with van der Waals surface area (Å²) in [5.41, 5.74) is 1.11. The highest BCUT2D eigenvalue weighted by Gasteiger charge is 2.28. The molecule has 1 aromatic rings. The van der Waals surface area contributed by atoms with Gasteiger partial charge in [-0.25, -0.2) is 0 Å². The Balaban J connectivity index is 2.02. The highest BCUT2D eigenvalue weighted by molar-refractivity contribution is 9.09. The van der Waals surface area contributed by atoms with E-state index in [-0.39, 0.29) is 0 Å². The lowest BCUT2D eigenvalue weighted by Crippen LogP contribution is -2.34. The minimum absolute atomic E-state index is 0.374. The summed E-state index contributed by atoms with van der Waals surface area (Å²) in [5, 5.41) is 0.766. The zero-order valence-corrected chi connectivity index (χ0v) is 10.3. The third kappa shape index (κ3) is 2.23. The summed E-state index contributed by atoms with van der Waals surface area (Å²) in [6.45, 7) is 2.02. The molecule has 0 unspecified atom stereocenters. The smallest absolute Gasteiger partial charge is 0.122 e. The molecule has 0 heterocycles. The molecule has 0 atom stereocenters. The van der Waals surface area contributed by atoms with Crippen molar-refractivity contribution in [1.82, 2.24) is 0 Å². The van der Waals surface area contributed by atoms with Crippen LogP contribution >= 0.6 is 27.5 Å². The highest BCUT2D eigenvalue weighted by Crippen LogP contribution is 2.32. The lowest BCUT2D eigenvalue weighted by molar-refractivity contribution is 0.127. The lowest BCUT2D eigenvalue weighted by atomic mass is 9.96. The maximum atomic E-state index is 5.86. The minimum Gasteiger partial charge on any atom is -0.490 e. The average Bonchev–Trinajstić information content (AvgIpc) is 2.06. The van der Waals surface area contributed by atoms with Gasteiger partial charge in [0.1, 0.15) is 11.9 Å². The number of ether oxygens (including phenoxy) is 1. The van der Waals surface area contributed by atoms with Crippen LogP contribution in [0.2, 0.25) is 5.02 Å². The summed E-state index contributed by atoms with van der Waals surface area (Å²) in [5.74, 6) is 0.957. The molecule has 1 aliphatic rings. The summed E-state index contributed by atoms with van der Waals surface area (Å²) in [6.07, 6.45) is 2.57. The fourth-order valence-electron chi connectivity index (χ4n) is 1.52. The van der Waals surface area contributed by atoms with Gasteiger partial charge >= 0.3 is 0 Å². The minimum atomic E-state index is 0.374. The number of aryl methyl sites for hydroxylation is 1. The van der Waals surface area contributed by atoms with E-state index in [1.807, 2.05) is 25.1 Å². The Kier molecular flexibility index (Phi) is 3.03. The Morgan fingerprint density at radius 3 is 2.71 bits per heavy atom. The molecule has 14 heavy (non-hydrogen) atoms. The molecule has 1 aromatic carbocycles. The van der Waals surface area contributed by atoms with Crippen molar-refractivity contribution in [2.75, 3.05) is 0 Å². The van der Waals surface area contributed by atoms with E-state index in [1.165, 1.54) is 0 Å². The molecule has 0 amide bonds. The van der Waals surface area contributed by atoms with Crippen LogP contribution in [0.25, 0.3) is 0 Å². The number of halogens is 2. The molecule has 0 N–H and O–H groups in total. The van der Waals surface area contributed by atoms with Gasteiger partial charge in [0.2, 0.25) is 0 Å². The summed E-state index contributed by atoms with van der Waals surface area (Å²) >= 11 is 9.40. The van der Waals surface area contributed by atoms with Gasteiger partial charge in [-0.05, 0) is 43.5 Å². The van der Waals surface area contributed by atoms with Gasteiger partial charge < -0.3 is 4.74 Å². The maximum absolute atomic E-state index is 5.86. The van der Waals surface area contributed by atoms with E-state index >= 15 is 0 Å². The van der Waals surface area contributed by atoms with Gasteiger partial charge in [0.25, 0.3) is 0 Å². The molecule has 2 rings (SSSR count). The predicted octanol–water partition coefficient (Wildman–Crippen LogP) is 3.95. The van der Waals surface area contributed by atoms with Gasteiger partial charge in [0.05, 0.1) is 0 Å². The van der Waals surface area contributed by atoms with Gasteiger partial charge in [-0.1, -0.05) is 27.5 Å². The van der Waals surface area contributed by atoms with E-state index in [4.69, 9.17) is 16.3 Å². The van der Waals surface area contributed by atoms with E-state index in [1.54, 1.807) is 0 Å². The summed E-state index contributed by atoms with van der Waals surface area (Å²) in [4.78, 5) is 0.639. The molecule has 0 aromatic heterocycles. The van der Waals surface area contributed by atoms with Crippen molar-refractivity contribution >= 4 is 27.5 Å². The van der Waals surface area contributed by atoms with Crippen molar-refractivity contribution in [3.05, 3.63) is 28.8 Å². The SMILES string of the molecule is Cc1cc(Cl)ccc1OC1CC(Br)C1. The van der Waals surface area contributed by atoms with Gasteiger partial charge in [-0.3, -0.25) is 0 Å². The van der Waals surface area contributed by atoms with Crippen LogP contribution in [0.4, 0.5) is 0 Å². The maximum Gasteiger partial charge on any atom is 0.122 e. The van der Waals surface area contributed by atoms with E-state index in [0.29, 0.717) is 10.9 Å². The molecular weight excluding hydrogens is 263 g/mol. The Hall–Kier alpha value is -0.210. The molecule has 0 saturated heterocycles. The first-order chi connectivity index (χ1) is 6.65. The third-order valence-corrected chi connectivity index (χ3v) is 3.45. The second-order valence-corrected chi connectivity index (χ2v) is 5.45. The number of alkyl halides is 1. The topological polar surface area (TPSA) is 9.23 Å². The second-order valence-electron chi connectivity index (χ2n) is 3.72. The van der Waals surface area contributed by atoms with Crippen molar-refractivity contribution in [3.63, 3.8) is 0 Å². The van der Waals surface area contributed by atoms with Gasteiger partial charge in [-0.15, -0.1) is 0 Å². The third-order valence-electron chi connectivity index (χ3n) is 2.47. The summed E-state index contributed by atoms with van der Waals surface area (Å²) in [6, 6.07) is 5.74. The quantitative estimate of drug-likeness (QED) is 0.743. The van der Waals surface area contributed by atoms with Crippen molar-refractivity contribution in [2.24, 2.45) is 0 Å². The molecule has 3 heteroatoms. The van der Waals surface area contributed by atoms with Crippen molar-refractivity contribution in [3.8, 4) is 5.75 Å². The first kappa shape index (κ1) is 10.3. The van der Waals surface area contributed by atoms with E-state index in [0.717, 1.165) is 29.2 Å². The van der Waals surface area contributed by atoms with Crippen LogP contribution in [-0.4, -0.2) is 10.9 Å². The predicted molar refractivity (Wildman–Crippen MR) is 62.6 cm³/mol. The Labute approximate surface area is 97.5 Å². The zero-order chi connectivity index (χ0) is 10.1. The van der Waals surface area contributed by atoms with Crippen LogP contribution in [0.5, 0.6) is 5.75 Å². The van der Waals surface area contributed by atoms with Gasteiger partial charge in [-0.2, -0.15) is 0 Å². The summed E-state index contributed by atoms with van der Waals surface area (Å²) < 4.78 is 5.82. The molecule has 1 aliphatic carbocycles. The van der Waals surface area contributed by atoms with Gasteiger partial charge in [0, 0.05) is 9.85 Å². The largest absolute Gasteiger partial charge is 0.490 e. The van der Waals surface area contributed by atoms with Crippen LogP contribution in [0.1, 0.15) is 18.4 Å². The normalized spacial score (nSPS) is 25.6. The molecule has 0 aliphatic heterocycles. The fourth-order valence-corrected chi connectivity index (χ4v) is 2.58. The standard InChI is InChI=1S/C11H12BrClO/c1-7-4-9(13)2-3-11(7)14-10-5-8(12)6-10/h2-4,8,10H,5-6H2,1H3. The molecule has 0 spiro atoms. The molecule has 1 nitrogen and oxygen atoms in total. The number of hydrogen-bond donors (Lipinski definition) is 0. The first-order valence-corrected chi connectivity index (χ1v) is 6.01. The molecule has 76 valence electrons. The Morgan fingerprint density at radius 2 is 2.14 bits per heavy atom. The Morgan fingerprint density at radius 1 is 1.43 bits per heavy atom. The Bertz CT molecular complexity index is 334. The monoisotopic (exact) mass is 274 g/mol. The first-order valence-electron chi connectivity index (χ1n) is 4.72. The van der Waals surface area contributed by atoms with Crippen molar-refractivity contribution < 1.29 is 4.74 Å².